The molecule has 0 aliphatic heterocycles. The molecule has 0 fully saturated rings. The predicted molar refractivity (Wildman–Crippen MR) is 85.8 cm³/mol. The van der Waals surface area contributed by atoms with Crippen LogP contribution in [-0.2, 0) is 6.42 Å². The Morgan fingerprint density at radius 3 is 2.80 bits per heavy atom. The fraction of sp³-hybridized carbons (Fsp3) is 0.286. The third kappa shape index (κ3) is 3.40. The summed E-state index contributed by atoms with van der Waals surface area (Å²) in [6.45, 7) is 4.08. The van der Waals surface area contributed by atoms with Crippen molar-refractivity contribution in [2.75, 3.05) is 0 Å². The third-order valence-corrected chi connectivity index (χ3v) is 4.70. The van der Waals surface area contributed by atoms with E-state index in [1.807, 2.05) is 19.9 Å². The summed E-state index contributed by atoms with van der Waals surface area (Å²) in [4.78, 5) is 16.1. The number of carboxylic acid groups (broad SMARTS) is 1. The van der Waals surface area contributed by atoms with Crippen molar-refractivity contribution >= 4 is 44.8 Å². The van der Waals surface area contributed by atoms with Crippen molar-refractivity contribution in [3.63, 3.8) is 0 Å². The highest BCUT2D eigenvalue weighted by Gasteiger charge is 2.20. The van der Waals surface area contributed by atoms with E-state index in [4.69, 9.17) is 11.6 Å². The number of halogens is 2. The summed E-state index contributed by atoms with van der Waals surface area (Å²) in [5, 5.41) is 10.6. The molecule has 0 radical (unpaired) electrons. The number of aromatic carboxylic acids is 1. The fourth-order valence-corrected chi connectivity index (χ4v) is 3.52. The van der Waals surface area contributed by atoms with Crippen LogP contribution < -0.4 is 0 Å². The van der Waals surface area contributed by atoms with Gasteiger partial charge in [-0.2, -0.15) is 0 Å². The Bertz CT molecular complexity index is 655. The number of rotatable bonds is 4. The van der Waals surface area contributed by atoms with Crippen LogP contribution in [0.4, 0.5) is 0 Å². The third-order valence-electron chi connectivity index (χ3n) is 2.65. The van der Waals surface area contributed by atoms with Crippen LogP contribution >= 0.6 is 38.9 Å². The van der Waals surface area contributed by atoms with E-state index in [0.29, 0.717) is 32.9 Å². The quantitative estimate of drug-likeness (QED) is 0.807. The summed E-state index contributed by atoms with van der Waals surface area (Å²) >= 11 is 10.6. The van der Waals surface area contributed by atoms with Crippen LogP contribution in [0.5, 0.6) is 0 Å². The molecule has 1 aromatic carbocycles. The lowest BCUT2D eigenvalue weighted by molar-refractivity contribution is 0.0700. The number of hydrogen-bond donors (Lipinski definition) is 1. The summed E-state index contributed by atoms with van der Waals surface area (Å²) < 4.78 is 0.851. The van der Waals surface area contributed by atoms with E-state index in [1.54, 1.807) is 12.1 Å². The van der Waals surface area contributed by atoms with Crippen molar-refractivity contribution in [1.29, 1.82) is 0 Å². The largest absolute Gasteiger partial charge is 0.477 e. The Labute approximate surface area is 134 Å². The van der Waals surface area contributed by atoms with Crippen LogP contribution in [0.15, 0.2) is 22.7 Å². The molecule has 0 spiro atoms. The van der Waals surface area contributed by atoms with Gasteiger partial charge in [0.15, 0.2) is 0 Å². The molecule has 106 valence electrons. The Balaban J connectivity index is 2.52. The molecular weight excluding hydrogens is 362 g/mol. The first-order chi connectivity index (χ1) is 9.38. The number of aromatic nitrogens is 1. The number of thiazole rings is 1. The van der Waals surface area contributed by atoms with Gasteiger partial charge < -0.3 is 5.11 Å². The first kappa shape index (κ1) is 15.5. The van der Waals surface area contributed by atoms with Gasteiger partial charge in [0, 0.05) is 15.1 Å². The van der Waals surface area contributed by atoms with Gasteiger partial charge in [-0.3, -0.25) is 0 Å². The lowest BCUT2D eigenvalue weighted by Crippen LogP contribution is -2.02. The molecule has 1 aromatic heterocycles. The lowest BCUT2D eigenvalue weighted by Gasteiger charge is -2.02. The number of nitrogens with zero attached hydrogens (tertiary/aromatic N) is 1. The normalized spacial score (nSPS) is 11.1. The van der Waals surface area contributed by atoms with Gasteiger partial charge in [-0.15, -0.1) is 11.3 Å². The van der Waals surface area contributed by atoms with E-state index in [9.17, 15) is 9.90 Å². The zero-order valence-corrected chi connectivity index (χ0v) is 14.1. The van der Waals surface area contributed by atoms with E-state index in [1.165, 1.54) is 11.3 Å². The van der Waals surface area contributed by atoms with Crippen LogP contribution in [0.3, 0.4) is 0 Å². The van der Waals surface area contributed by atoms with Gasteiger partial charge in [0.05, 0.1) is 5.69 Å². The van der Waals surface area contributed by atoms with Gasteiger partial charge >= 0.3 is 5.97 Å². The SMILES string of the molecule is CC(C)Cc1nc(-c2cc(Cl)ccc2Br)sc1C(=O)O. The van der Waals surface area contributed by atoms with Gasteiger partial charge in [-0.1, -0.05) is 41.4 Å². The van der Waals surface area contributed by atoms with Gasteiger partial charge in [0.2, 0.25) is 0 Å². The minimum atomic E-state index is -0.928. The van der Waals surface area contributed by atoms with Gasteiger partial charge in [0.1, 0.15) is 9.88 Å². The highest BCUT2D eigenvalue weighted by Crippen LogP contribution is 2.35. The highest BCUT2D eigenvalue weighted by atomic mass is 79.9. The molecule has 0 unspecified atom stereocenters. The molecular formula is C14H13BrClNO2S. The minimum Gasteiger partial charge on any atom is -0.477 e. The molecule has 1 N–H and O–H groups in total. The first-order valence-electron chi connectivity index (χ1n) is 6.07. The average molecular weight is 375 g/mol. The summed E-state index contributed by atoms with van der Waals surface area (Å²) in [5.74, 6) is -0.576. The molecule has 0 aliphatic rings. The van der Waals surface area contributed by atoms with Crippen molar-refractivity contribution in [2.24, 2.45) is 5.92 Å². The second kappa shape index (κ2) is 6.24. The molecule has 0 atom stereocenters. The Morgan fingerprint density at radius 1 is 1.50 bits per heavy atom. The minimum absolute atomic E-state index is 0.306. The van der Waals surface area contributed by atoms with E-state index in [0.717, 1.165) is 10.0 Å². The van der Waals surface area contributed by atoms with Crippen molar-refractivity contribution in [1.82, 2.24) is 4.98 Å². The van der Waals surface area contributed by atoms with E-state index >= 15 is 0 Å². The Hall–Kier alpha value is -0.910. The molecule has 0 amide bonds. The second-order valence-corrected chi connectivity index (χ2v) is 7.11. The molecule has 20 heavy (non-hydrogen) atoms. The van der Waals surface area contributed by atoms with Crippen molar-refractivity contribution in [2.45, 2.75) is 20.3 Å². The second-order valence-electron chi connectivity index (χ2n) is 4.82. The number of hydrogen-bond acceptors (Lipinski definition) is 3. The molecule has 0 saturated carbocycles. The number of benzene rings is 1. The smallest absolute Gasteiger partial charge is 0.347 e. The van der Waals surface area contributed by atoms with Crippen LogP contribution in [0, 0.1) is 5.92 Å². The maximum Gasteiger partial charge on any atom is 0.347 e. The Morgan fingerprint density at radius 2 is 2.20 bits per heavy atom. The molecule has 2 rings (SSSR count). The van der Waals surface area contributed by atoms with Crippen LogP contribution in [0.25, 0.3) is 10.6 Å². The molecule has 1 heterocycles. The molecule has 0 saturated heterocycles. The van der Waals surface area contributed by atoms with Crippen molar-refractivity contribution in [3.05, 3.63) is 38.3 Å². The average Bonchev–Trinajstić information content (AvgIpc) is 2.75. The maximum atomic E-state index is 11.3. The molecule has 0 bridgehead atoms. The van der Waals surface area contributed by atoms with Crippen LogP contribution in [0.2, 0.25) is 5.02 Å². The molecule has 6 heteroatoms. The summed E-state index contributed by atoms with van der Waals surface area (Å²) in [5.41, 5.74) is 1.46. The molecule has 3 nitrogen and oxygen atoms in total. The van der Waals surface area contributed by atoms with E-state index < -0.39 is 5.97 Å². The zero-order valence-electron chi connectivity index (χ0n) is 11.0. The highest BCUT2D eigenvalue weighted by molar-refractivity contribution is 9.10. The van der Waals surface area contributed by atoms with Crippen LogP contribution in [-0.4, -0.2) is 16.1 Å². The van der Waals surface area contributed by atoms with Gasteiger partial charge in [0.25, 0.3) is 0 Å². The predicted octanol–water partition coefficient (Wildman–Crippen LogP) is 5.12. The topological polar surface area (TPSA) is 50.2 Å². The maximum absolute atomic E-state index is 11.3. The lowest BCUT2D eigenvalue weighted by atomic mass is 10.1. The van der Waals surface area contributed by atoms with Gasteiger partial charge in [-0.25, -0.2) is 9.78 Å². The van der Waals surface area contributed by atoms with Crippen LogP contribution in [0.1, 0.15) is 29.2 Å². The van der Waals surface area contributed by atoms with Gasteiger partial charge in [-0.05, 0) is 30.5 Å². The first-order valence-corrected chi connectivity index (χ1v) is 8.05. The monoisotopic (exact) mass is 373 g/mol. The van der Waals surface area contributed by atoms with Crippen molar-refractivity contribution in [3.8, 4) is 10.6 Å². The van der Waals surface area contributed by atoms with E-state index in [-0.39, 0.29) is 0 Å². The zero-order chi connectivity index (χ0) is 14.9. The Kier molecular flexibility index (Phi) is 4.83. The summed E-state index contributed by atoms with van der Waals surface area (Å²) in [6, 6.07) is 5.40. The number of carbonyl (C=O) groups is 1. The number of carboxylic acids is 1. The standard InChI is InChI=1S/C14H13BrClNO2S/c1-7(2)5-11-12(14(18)19)20-13(17-11)9-6-8(16)3-4-10(9)15/h3-4,6-7H,5H2,1-2H3,(H,18,19). The van der Waals surface area contributed by atoms with Crippen molar-refractivity contribution < 1.29 is 9.90 Å². The summed E-state index contributed by atoms with van der Waals surface area (Å²) in [6.07, 6.45) is 0.649. The van der Waals surface area contributed by atoms with E-state index in [2.05, 4.69) is 20.9 Å². The summed E-state index contributed by atoms with van der Waals surface area (Å²) in [7, 11) is 0. The fourth-order valence-electron chi connectivity index (χ4n) is 1.82. The molecule has 2 aromatic rings. The molecule has 0 aliphatic carbocycles.